The van der Waals surface area contributed by atoms with E-state index >= 15 is 0 Å². The lowest BCUT2D eigenvalue weighted by Crippen LogP contribution is -2.33. The lowest BCUT2D eigenvalue weighted by molar-refractivity contribution is 0.0756. The Bertz CT molecular complexity index is 894. The van der Waals surface area contributed by atoms with Gasteiger partial charge >= 0.3 is 0 Å². The number of hydrogen-bond donors (Lipinski definition) is 0. The van der Waals surface area contributed by atoms with E-state index in [1.807, 2.05) is 34.9 Å². The molecule has 1 amide bonds. The van der Waals surface area contributed by atoms with E-state index in [-0.39, 0.29) is 11.2 Å². The third-order valence-corrected chi connectivity index (χ3v) is 6.03. The van der Waals surface area contributed by atoms with Gasteiger partial charge in [-0.25, -0.2) is 0 Å². The lowest BCUT2D eigenvalue weighted by Gasteiger charge is -2.19. The molecule has 0 bridgehead atoms. The summed E-state index contributed by atoms with van der Waals surface area (Å²) >= 11 is 8.17. The Morgan fingerprint density at radius 3 is 2.88 bits per heavy atom. The number of hydrogen-bond acceptors (Lipinski definition) is 5. The average Bonchev–Trinajstić information content (AvgIpc) is 3.29. The Labute approximate surface area is 160 Å². The van der Waals surface area contributed by atoms with Gasteiger partial charge in [-0.2, -0.15) is 11.8 Å². The van der Waals surface area contributed by atoms with Crippen molar-refractivity contribution in [3.63, 3.8) is 0 Å². The number of benzene rings is 1. The third-order valence-electron chi connectivity index (χ3n) is 4.37. The molecule has 0 N–H and O–H groups in total. The van der Waals surface area contributed by atoms with Crippen LogP contribution < -0.4 is 0 Å². The second-order valence-electron chi connectivity index (χ2n) is 6.02. The molecular weight excluding hydrogens is 372 g/mol. The van der Waals surface area contributed by atoms with Crippen molar-refractivity contribution in [3.8, 4) is 11.5 Å². The van der Waals surface area contributed by atoms with Gasteiger partial charge in [-0.05, 0) is 30.2 Å². The molecule has 1 atom stereocenters. The van der Waals surface area contributed by atoms with E-state index in [9.17, 15) is 4.79 Å². The fourth-order valence-electron chi connectivity index (χ4n) is 3.03. The highest BCUT2D eigenvalue weighted by Gasteiger charge is 2.26. The van der Waals surface area contributed by atoms with Gasteiger partial charge in [0.15, 0.2) is 11.5 Å². The molecule has 0 saturated carbocycles. The molecule has 1 saturated heterocycles. The normalized spacial score (nSPS) is 17.9. The smallest absolute Gasteiger partial charge is 0.276 e. The number of aromatic nitrogens is 1. The number of furan rings is 1. The van der Waals surface area contributed by atoms with E-state index in [0.717, 1.165) is 22.8 Å². The van der Waals surface area contributed by atoms with Crippen LogP contribution >= 0.6 is 23.4 Å². The molecule has 3 heterocycles. The molecule has 0 radical (unpaired) electrons. The van der Waals surface area contributed by atoms with Gasteiger partial charge in [0.2, 0.25) is 5.76 Å². The highest BCUT2D eigenvalue weighted by molar-refractivity contribution is 7.99. The SMILES string of the molecule is O=C(c1cc(-c2ccco2)on1)N1CCS[C@H](c2ccccc2Cl)CC1. The van der Waals surface area contributed by atoms with Crippen molar-refractivity contribution < 1.29 is 13.7 Å². The first kappa shape index (κ1) is 17.2. The molecule has 1 aliphatic heterocycles. The molecule has 0 spiro atoms. The minimum atomic E-state index is -0.119. The fourth-order valence-corrected chi connectivity index (χ4v) is 4.63. The summed E-state index contributed by atoms with van der Waals surface area (Å²) in [7, 11) is 0. The van der Waals surface area contributed by atoms with Crippen molar-refractivity contribution >= 4 is 29.3 Å². The summed E-state index contributed by atoms with van der Waals surface area (Å²) in [6.45, 7) is 1.33. The third kappa shape index (κ3) is 3.52. The highest BCUT2D eigenvalue weighted by atomic mass is 35.5. The van der Waals surface area contributed by atoms with Gasteiger partial charge in [0.25, 0.3) is 5.91 Å². The Kier molecular flexibility index (Phi) is 5.04. The van der Waals surface area contributed by atoms with Crippen LogP contribution in [-0.2, 0) is 0 Å². The molecule has 1 fully saturated rings. The zero-order chi connectivity index (χ0) is 17.9. The summed E-state index contributed by atoms with van der Waals surface area (Å²) in [4.78, 5) is 14.6. The lowest BCUT2D eigenvalue weighted by atomic mass is 10.1. The second kappa shape index (κ2) is 7.60. The zero-order valence-corrected chi connectivity index (χ0v) is 15.5. The van der Waals surface area contributed by atoms with Gasteiger partial charge < -0.3 is 13.8 Å². The van der Waals surface area contributed by atoms with E-state index in [1.165, 1.54) is 0 Å². The van der Waals surface area contributed by atoms with E-state index in [1.54, 1.807) is 24.5 Å². The molecule has 1 aliphatic rings. The van der Waals surface area contributed by atoms with Gasteiger partial charge in [-0.1, -0.05) is 35.0 Å². The first-order valence-corrected chi connectivity index (χ1v) is 9.81. The maximum absolute atomic E-state index is 12.8. The summed E-state index contributed by atoms with van der Waals surface area (Å²) < 4.78 is 10.5. The van der Waals surface area contributed by atoms with E-state index in [2.05, 4.69) is 11.2 Å². The first-order valence-electron chi connectivity index (χ1n) is 8.38. The number of rotatable bonds is 3. The van der Waals surface area contributed by atoms with Gasteiger partial charge in [0.05, 0.1) is 6.26 Å². The molecule has 4 rings (SSSR count). The summed E-state index contributed by atoms with van der Waals surface area (Å²) in [5.74, 6) is 1.75. The number of nitrogens with zero attached hydrogens (tertiary/aromatic N) is 2. The Morgan fingerprint density at radius 2 is 2.08 bits per heavy atom. The Balaban J connectivity index is 1.46. The van der Waals surface area contributed by atoms with Gasteiger partial charge in [0, 0.05) is 35.2 Å². The van der Waals surface area contributed by atoms with Crippen molar-refractivity contribution in [2.75, 3.05) is 18.8 Å². The topological polar surface area (TPSA) is 59.5 Å². The monoisotopic (exact) mass is 388 g/mol. The van der Waals surface area contributed by atoms with Crippen molar-refractivity contribution in [1.29, 1.82) is 0 Å². The average molecular weight is 389 g/mol. The molecular formula is C19H17ClN2O3S. The largest absolute Gasteiger partial charge is 0.461 e. The molecule has 5 nitrogen and oxygen atoms in total. The van der Waals surface area contributed by atoms with Gasteiger partial charge in [-0.3, -0.25) is 4.79 Å². The molecule has 26 heavy (non-hydrogen) atoms. The molecule has 2 aromatic heterocycles. The summed E-state index contributed by atoms with van der Waals surface area (Å²) in [5, 5.41) is 4.99. The van der Waals surface area contributed by atoms with Crippen LogP contribution in [0.5, 0.6) is 0 Å². The van der Waals surface area contributed by atoms with Crippen molar-refractivity contribution in [2.45, 2.75) is 11.7 Å². The molecule has 0 unspecified atom stereocenters. The standard InChI is InChI=1S/C19H17ClN2O3S/c20-14-5-2-1-4-13(14)18-7-8-22(9-11-26-18)19(23)15-12-17(25-21-15)16-6-3-10-24-16/h1-6,10,12,18H,7-9,11H2/t18-/m0/s1. The maximum Gasteiger partial charge on any atom is 0.276 e. The van der Waals surface area contributed by atoms with Crippen LogP contribution in [0.2, 0.25) is 5.02 Å². The van der Waals surface area contributed by atoms with E-state index in [4.69, 9.17) is 20.5 Å². The van der Waals surface area contributed by atoms with Crippen LogP contribution in [0.15, 0.2) is 57.7 Å². The zero-order valence-electron chi connectivity index (χ0n) is 13.9. The maximum atomic E-state index is 12.8. The number of carbonyl (C=O) groups is 1. The number of halogens is 1. The number of amides is 1. The van der Waals surface area contributed by atoms with Crippen molar-refractivity contribution in [1.82, 2.24) is 10.1 Å². The summed E-state index contributed by atoms with van der Waals surface area (Å²) in [6, 6.07) is 13.1. The quantitative estimate of drug-likeness (QED) is 0.638. The van der Waals surface area contributed by atoms with E-state index in [0.29, 0.717) is 30.3 Å². The second-order valence-corrected chi connectivity index (χ2v) is 7.73. The first-order chi connectivity index (χ1) is 12.7. The predicted octanol–water partition coefficient (Wildman–Crippen LogP) is 4.91. The molecule has 3 aromatic rings. The van der Waals surface area contributed by atoms with Gasteiger partial charge in [-0.15, -0.1) is 0 Å². The van der Waals surface area contributed by atoms with Crippen LogP contribution in [0.1, 0.15) is 27.7 Å². The number of thioether (sulfide) groups is 1. The predicted molar refractivity (Wildman–Crippen MR) is 101 cm³/mol. The van der Waals surface area contributed by atoms with Crippen molar-refractivity contribution in [2.24, 2.45) is 0 Å². The molecule has 0 aliphatic carbocycles. The summed E-state index contributed by atoms with van der Waals surface area (Å²) in [5.41, 5.74) is 1.44. The molecule has 7 heteroatoms. The van der Waals surface area contributed by atoms with Crippen LogP contribution in [0.4, 0.5) is 0 Å². The highest BCUT2D eigenvalue weighted by Crippen LogP contribution is 2.38. The van der Waals surface area contributed by atoms with Crippen LogP contribution in [-0.4, -0.2) is 34.8 Å². The minimum Gasteiger partial charge on any atom is -0.461 e. The van der Waals surface area contributed by atoms with E-state index < -0.39 is 0 Å². The Hall–Kier alpha value is -2.18. The van der Waals surface area contributed by atoms with Gasteiger partial charge in [0.1, 0.15) is 0 Å². The number of carbonyl (C=O) groups excluding carboxylic acids is 1. The minimum absolute atomic E-state index is 0.119. The Morgan fingerprint density at radius 1 is 1.19 bits per heavy atom. The summed E-state index contributed by atoms with van der Waals surface area (Å²) in [6.07, 6.45) is 2.41. The van der Waals surface area contributed by atoms with Crippen LogP contribution in [0.25, 0.3) is 11.5 Å². The van der Waals surface area contributed by atoms with Crippen molar-refractivity contribution in [3.05, 3.63) is 65.0 Å². The molecule has 1 aromatic carbocycles. The van der Waals surface area contributed by atoms with Crippen LogP contribution in [0, 0.1) is 0 Å². The van der Waals surface area contributed by atoms with Crippen LogP contribution in [0.3, 0.4) is 0 Å². The molecule has 134 valence electrons. The fraction of sp³-hybridized carbons (Fsp3) is 0.263.